The number of carbonyl (C=O) groups is 1. The third kappa shape index (κ3) is 5.95. The molecule has 1 saturated carbocycles. The molecule has 1 aliphatic rings. The second kappa shape index (κ2) is 8.42. The van der Waals surface area contributed by atoms with Crippen molar-refractivity contribution in [3.63, 3.8) is 0 Å². The number of amides is 2. The molecule has 1 aromatic rings. The molecular formula is C16H23N3O2. The molecule has 0 aliphatic heterocycles. The second-order valence-corrected chi connectivity index (χ2v) is 5.50. The summed E-state index contributed by atoms with van der Waals surface area (Å²) >= 11 is 0. The lowest BCUT2D eigenvalue weighted by Crippen LogP contribution is -2.24. The van der Waals surface area contributed by atoms with Crippen LogP contribution in [0.2, 0.25) is 0 Å². The zero-order valence-corrected chi connectivity index (χ0v) is 12.3. The number of urea groups is 1. The van der Waals surface area contributed by atoms with Crippen LogP contribution in [0, 0.1) is 5.92 Å². The maximum Gasteiger partial charge on any atom is 0.332 e. The smallest absolute Gasteiger partial charge is 0.332 e. The Balaban J connectivity index is 1.77. The Morgan fingerprint density at radius 1 is 1.38 bits per heavy atom. The first kappa shape index (κ1) is 15.5. The quantitative estimate of drug-likeness (QED) is 0.624. The summed E-state index contributed by atoms with van der Waals surface area (Å²) in [4.78, 5) is 10.5. The predicted octanol–water partition coefficient (Wildman–Crippen LogP) is 2.79. The third-order valence-electron chi connectivity index (χ3n) is 3.69. The van der Waals surface area contributed by atoms with Crippen LogP contribution in [-0.2, 0) is 11.3 Å². The molecule has 0 heterocycles. The topological polar surface area (TPSA) is 76.7 Å². The largest absolute Gasteiger partial charge is 0.376 e. The van der Waals surface area contributed by atoms with E-state index in [1.165, 1.54) is 32.1 Å². The number of benzene rings is 1. The van der Waals surface area contributed by atoms with Crippen LogP contribution in [0.25, 0.3) is 0 Å². The first-order valence-corrected chi connectivity index (χ1v) is 7.49. The van der Waals surface area contributed by atoms with Crippen LogP contribution >= 0.6 is 0 Å². The van der Waals surface area contributed by atoms with Gasteiger partial charge >= 0.3 is 6.03 Å². The molecule has 3 N–H and O–H groups in total. The van der Waals surface area contributed by atoms with Gasteiger partial charge in [0.15, 0.2) is 0 Å². The number of ether oxygens (including phenoxy) is 1. The molecule has 0 saturated heterocycles. The number of hydrogen-bond acceptors (Lipinski definition) is 3. The van der Waals surface area contributed by atoms with Crippen LogP contribution in [0.1, 0.15) is 43.2 Å². The first-order chi connectivity index (χ1) is 10.2. The summed E-state index contributed by atoms with van der Waals surface area (Å²) in [5.74, 6) is 0.725. The van der Waals surface area contributed by atoms with E-state index in [4.69, 9.17) is 10.5 Å². The average Bonchev–Trinajstić information content (AvgIpc) is 2.48. The predicted molar refractivity (Wildman–Crippen MR) is 83.0 cm³/mol. The molecule has 0 radical (unpaired) electrons. The van der Waals surface area contributed by atoms with Crippen molar-refractivity contribution in [2.75, 3.05) is 6.61 Å². The number of nitrogens with zero attached hydrogens (tertiary/aromatic N) is 1. The van der Waals surface area contributed by atoms with Crippen molar-refractivity contribution in [1.82, 2.24) is 5.43 Å². The van der Waals surface area contributed by atoms with Gasteiger partial charge in [-0.05, 0) is 36.0 Å². The molecule has 5 heteroatoms. The zero-order chi connectivity index (χ0) is 14.9. The molecule has 114 valence electrons. The molecule has 0 unspecified atom stereocenters. The highest BCUT2D eigenvalue weighted by Gasteiger charge is 2.13. The number of carbonyl (C=O) groups excluding carboxylic acids is 1. The van der Waals surface area contributed by atoms with E-state index in [9.17, 15) is 4.79 Å². The Morgan fingerprint density at radius 2 is 2.19 bits per heavy atom. The van der Waals surface area contributed by atoms with Gasteiger partial charge in [0.1, 0.15) is 0 Å². The van der Waals surface area contributed by atoms with Gasteiger partial charge in [-0.3, -0.25) is 0 Å². The Bertz CT molecular complexity index is 482. The number of primary amides is 1. The summed E-state index contributed by atoms with van der Waals surface area (Å²) in [5.41, 5.74) is 9.13. The fourth-order valence-electron chi connectivity index (χ4n) is 2.63. The van der Waals surface area contributed by atoms with Gasteiger partial charge in [0.25, 0.3) is 0 Å². The Hall–Kier alpha value is -1.88. The van der Waals surface area contributed by atoms with E-state index in [0.29, 0.717) is 6.61 Å². The molecule has 2 amide bonds. The maximum absolute atomic E-state index is 10.5. The highest BCUT2D eigenvalue weighted by Crippen LogP contribution is 2.23. The summed E-state index contributed by atoms with van der Waals surface area (Å²) in [6.45, 7) is 1.46. The molecule has 5 nitrogen and oxygen atoms in total. The minimum atomic E-state index is -0.668. The van der Waals surface area contributed by atoms with E-state index >= 15 is 0 Å². The van der Waals surface area contributed by atoms with E-state index in [1.807, 2.05) is 24.3 Å². The maximum atomic E-state index is 10.5. The van der Waals surface area contributed by atoms with E-state index in [2.05, 4.69) is 10.5 Å². The minimum absolute atomic E-state index is 0.613. The molecule has 0 spiro atoms. The van der Waals surface area contributed by atoms with Crippen molar-refractivity contribution in [1.29, 1.82) is 0 Å². The zero-order valence-electron chi connectivity index (χ0n) is 12.3. The van der Waals surface area contributed by atoms with Crippen LogP contribution in [0.15, 0.2) is 29.4 Å². The molecule has 1 aliphatic carbocycles. The number of rotatable bonds is 6. The van der Waals surface area contributed by atoms with Crippen molar-refractivity contribution in [2.24, 2.45) is 16.8 Å². The fraction of sp³-hybridized carbons (Fsp3) is 0.500. The van der Waals surface area contributed by atoms with Gasteiger partial charge < -0.3 is 10.5 Å². The molecule has 0 bridgehead atoms. The van der Waals surface area contributed by atoms with Crippen LogP contribution in [0.4, 0.5) is 4.79 Å². The van der Waals surface area contributed by atoms with Gasteiger partial charge in [-0.15, -0.1) is 0 Å². The molecule has 2 rings (SSSR count). The lowest BCUT2D eigenvalue weighted by Gasteiger charge is -2.21. The summed E-state index contributed by atoms with van der Waals surface area (Å²) in [5, 5.41) is 3.75. The molecule has 0 aromatic heterocycles. The minimum Gasteiger partial charge on any atom is -0.376 e. The van der Waals surface area contributed by atoms with Crippen LogP contribution in [-0.4, -0.2) is 18.9 Å². The molecule has 21 heavy (non-hydrogen) atoms. The Labute approximate surface area is 125 Å². The standard InChI is InChI=1S/C16H23N3O2/c17-16(20)19-18-10-14-7-4-8-15(9-14)12-21-11-13-5-2-1-3-6-13/h4,7-10,13H,1-3,5-6,11-12H2,(H3,17,19,20). The Morgan fingerprint density at radius 3 is 2.95 bits per heavy atom. The van der Waals surface area contributed by atoms with Crippen LogP contribution in [0.5, 0.6) is 0 Å². The van der Waals surface area contributed by atoms with Gasteiger partial charge in [-0.25, -0.2) is 10.2 Å². The van der Waals surface area contributed by atoms with Crippen LogP contribution < -0.4 is 11.2 Å². The summed E-state index contributed by atoms with van der Waals surface area (Å²) < 4.78 is 5.82. The lowest BCUT2D eigenvalue weighted by atomic mass is 9.90. The molecule has 1 fully saturated rings. The number of nitrogens with one attached hydrogen (secondary N) is 1. The van der Waals surface area contributed by atoms with Gasteiger partial charge in [-0.1, -0.05) is 37.5 Å². The first-order valence-electron chi connectivity index (χ1n) is 7.49. The van der Waals surface area contributed by atoms with E-state index in [-0.39, 0.29) is 0 Å². The third-order valence-corrected chi connectivity index (χ3v) is 3.69. The van der Waals surface area contributed by atoms with Crippen molar-refractivity contribution in [3.05, 3.63) is 35.4 Å². The summed E-state index contributed by atoms with van der Waals surface area (Å²) in [6.07, 6.45) is 8.21. The number of hydrogen-bond donors (Lipinski definition) is 2. The van der Waals surface area contributed by atoms with E-state index in [0.717, 1.165) is 23.7 Å². The molecule has 0 atom stereocenters. The fourth-order valence-corrected chi connectivity index (χ4v) is 2.63. The highest BCUT2D eigenvalue weighted by atomic mass is 16.5. The highest BCUT2D eigenvalue weighted by molar-refractivity contribution is 5.81. The van der Waals surface area contributed by atoms with Crippen LogP contribution in [0.3, 0.4) is 0 Å². The lowest BCUT2D eigenvalue weighted by molar-refractivity contribution is 0.0739. The Kier molecular flexibility index (Phi) is 6.22. The number of nitrogens with two attached hydrogens (primary N) is 1. The normalized spacial score (nSPS) is 16.2. The molecule has 1 aromatic carbocycles. The number of hydrazone groups is 1. The molecular weight excluding hydrogens is 266 g/mol. The van der Waals surface area contributed by atoms with Crippen molar-refractivity contribution >= 4 is 12.2 Å². The van der Waals surface area contributed by atoms with Gasteiger partial charge in [0, 0.05) is 6.61 Å². The second-order valence-electron chi connectivity index (χ2n) is 5.50. The summed E-state index contributed by atoms with van der Waals surface area (Å²) in [6, 6.07) is 7.22. The van der Waals surface area contributed by atoms with Gasteiger partial charge in [-0.2, -0.15) is 5.10 Å². The monoisotopic (exact) mass is 289 g/mol. The van der Waals surface area contributed by atoms with Gasteiger partial charge in [0.05, 0.1) is 12.8 Å². The van der Waals surface area contributed by atoms with Crippen molar-refractivity contribution in [3.8, 4) is 0 Å². The summed E-state index contributed by atoms with van der Waals surface area (Å²) in [7, 11) is 0. The van der Waals surface area contributed by atoms with E-state index in [1.54, 1.807) is 6.21 Å². The van der Waals surface area contributed by atoms with Crippen molar-refractivity contribution < 1.29 is 9.53 Å². The van der Waals surface area contributed by atoms with E-state index < -0.39 is 6.03 Å². The SMILES string of the molecule is NC(=O)NN=Cc1cccc(COCC2CCCCC2)c1. The van der Waals surface area contributed by atoms with Gasteiger partial charge in [0.2, 0.25) is 0 Å². The van der Waals surface area contributed by atoms with Crippen molar-refractivity contribution in [2.45, 2.75) is 38.7 Å². The average molecular weight is 289 g/mol.